The summed E-state index contributed by atoms with van der Waals surface area (Å²) in [6.45, 7) is 0. The molecule has 25 heavy (non-hydrogen) atoms. The molecular weight excluding hydrogens is 384 g/mol. The van der Waals surface area contributed by atoms with E-state index in [0.29, 0.717) is 21.8 Å². The van der Waals surface area contributed by atoms with E-state index in [4.69, 9.17) is 0 Å². The Morgan fingerprint density at radius 3 is 2.76 bits per heavy atom. The highest BCUT2D eigenvalue weighted by molar-refractivity contribution is 8.01. The third-order valence-corrected chi connectivity index (χ3v) is 5.91. The monoisotopic (exact) mass is 399 g/mol. The molecule has 0 fully saturated rings. The Morgan fingerprint density at radius 1 is 1.20 bits per heavy atom. The minimum Gasteiger partial charge on any atom is -0.330 e. The molecule has 0 unspecified atom stereocenters. The highest BCUT2D eigenvalue weighted by Gasteiger charge is 2.07. The number of benzene rings is 1. The SMILES string of the molecule is FC(F)Sc1ccc(Nc2nnc(SCCCc3cn[nH]c3)s2)cc1. The van der Waals surface area contributed by atoms with Crippen LogP contribution in [0.2, 0.25) is 0 Å². The first kappa shape index (κ1) is 18.2. The zero-order valence-corrected chi connectivity index (χ0v) is 15.4. The molecule has 0 aliphatic heterocycles. The van der Waals surface area contributed by atoms with Crippen molar-refractivity contribution in [3.8, 4) is 0 Å². The van der Waals surface area contributed by atoms with Crippen molar-refractivity contribution >= 4 is 45.7 Å². The van der Waals surface area contributed by atoms with Crippen LogP contribution in [0.1, 0.15) is 12.0 Å². The first-order valence-corrected chi connectivity index (χ1v) is 10.1. The van der Waals surface area contributed by atoms with E-state index < -0.39 is 5.76 Å². The van der Waals surface area contributed by atoms with Gasteiger partial charge in [0.2, 0.25) is 5.13 Å². The van der Waals surface area contributed by atoms with E-state index in [-0.39, 0.29) is 0 Å². The Hall–Kier alpha value is -1.65. The van der Waals surface area contributed by atoms with Gasteiger partial charge in [0.25, 0.3) is 5.76 Å². The Balaban J connectivity index is 1.44. The topological polar surface area (TPSA) is 66.5 Å². The van der Waals surface area contributed by atoms with E-state index >= 15 is 0 Å². The zero-order chi connectivity index (χ0) is 17.5. The van der Waals surface area contributed by atoms with E-state index in [1.807, 2.05) is 12.4 Å². The molecule has 5 nitrogen and oxygen atoms in total. The standard InChI is InChI=1S/C15H15F2N5S3/c16-13(17)24-12-5-3-11(4-6-12)20-14-21-22-15(25-14)23-7-1-2-10-8-18-19-9-10/h3-6,8-9,13H,1-2,7H2,(H,18,19)(H,20,21). The number of halogens is 2. The van der Waals surface area contributed by atoms with Crippen LogP contribution in [0.3, 0.4) is 0 Å². The van der Waals surface area contributed by atoms with Gasteiger partial charge in [-0.3, -0.25) is 5.10 Å². The predicted octanol–water partition coefficient (Wildman–Crippen LogP) is 5.04. The molecule has 0 spiro atoms. The lowest BCUT2D eigenvalue weighted by Crippen LogP contribution is -1.89. The number of nitrogens with zero attached hydrogens (tertiary/aromatic N) is 3. The molecule has 0 bridgehead atoms. The van der Waals surface area contributed by atoms with Crippen LogP contribution in [-0.2, 0) is 6.42 Å². The van der Waals surface area contributed by atoms with Crippen LogP contribution >= 0.6 is 34.9 Å². The first-order chi connectivity index (χ1) is 12.2. The summed E-state index contributed by atoms with van der Waals surface area (Å²) in [6, 6.07) is 6.82. The molecule has 2 N–H and O–H groups in total. The number of rotatable bonds is 9. The third-order valence-electron chi connectivity index (χ3n) is 3.13. The molecule has 0 aliphatic rings. The van der Waals surface area contributed by atoms with E-state index in [0.717, 1.165) is 28.6 Å². The Labute approximate surface area is 156 Å². The van der Waals surface area contributed by atoms with E-state index in [2.05, 4.69) is 25.7 Å². The van der Waals surface area contributed by atoms with Gasteiger partial charge in [0.05, 0.1) is 6.20 Å². The first-order valence-electron chi connectivity index (χ1n) is 7.45. The molecule has 0 amide bonds. The zero-order valence-electron chi connectivity index (χ0n) is 13.0. The number of aromatic nitrogens is 4. The fourth-order valence-corrected chi connectivity index (χ4v) is 4.29. The largest absolute Gasteiger partial charge is 0.330 e. The summed E-state index contributed by atoms with van der Waals surface area (Å²) >= 11 is 3.68. The summed E-state index contributed by atoms with van der Waals surface area (Å²) in [5.41, 5.74) is 2.00. The number of anilines is 2. The molecule has 2 aromatic heterocycles. The van der Waals surface area contributed by atoms with Gasteiger partial charge in [-0.25, -0.2) is 0 Å². The molecule has 0 atom stereocenters. The maximum atomic E-state index is 12.3. The van der Waals surface area contributed by atoms with Crippen LogP contribution in [-0.4, -0.2) is 31.9 Å². The molecule has 10 heteroatoms. The summed E-state index contributed by atoms with van der Waals surface area (Å²) in [5, 5.41) is 18.8. The molecule has 0 saturated heterocycles. The van der Waals surface area contributed by atoms with E-state index in [9.17, 15) is 8.78 Å². The van der Waals surface area contributed by atoms with Gasteiger partial charge in [-0.2, -0.15) is 13.9 Å². The maximum absolute atomic E-state index is 12.3. The average molecular weight is 400 g/mol. The fraction of sp³-hybridized carbons (Fsp3) is 0.267. The number of H-pyrrole nitrogens is 1. The summed E-state index contributed by atoms with van der Waals surface area (Å²) in [5.74, 6) is -1.45. The summed E-state index contributed by atoms with van der Waals surface area (Å²) in [4.78, 5) is 0.534. The van der Waals surface area contributed by atoms with Crippen molar-refractivity contribution in [1.82, 2.24) is 20.4 Å². The maximum Gasteiger partial charge on any atom is 0.288 e. The normalized spacial score (nSPS) is 11.2. The lowest BCUT2D eigenvalue weighted by atomic mass is 10.2. The molecule has 3 aromatic rings. The average Bonchev–Trinajstić information content (AvgIpc) is 3.25. The molecule has 2 heterocycles. The van der Waals surface area contributed by atoms with Crippen molar-refractivity contribution in [3.05, 3.63) is 42.2 Å². The fourth-order valence-electron chi connectivity index (χ4n) is 2.01. The second-order valence-electron chi connectivity index (χ2n) is 4.96. The molecule has 3 rings (SSSR count). The van der Waals surface area contributed by atoms with Crippen molar-refractivity contribution in [3.63, 3.8) is 0 Å². The molecule has 0 aliphatic carbocycles. The van der Waals surface area contributed by atoms with Crippen LogP contribution < -0.4 is 5.32 Å². The van der Waals surface area contributed by atoms with Gasteiger partial charge < -0.3 is 5.32 Å². The van der Waals surface area contributed by atoms with Crippen molar-refractivity contribution in [2.75, 3.05) is 11.1 Å². The van der Waals surface area contributed by atoms with Crippen molar-refractivity contribution in [2.45, 2.75) is 27.8 Å². The minimum atomic E-state index is -2.41. The molecule has 0 saturated carbocycles. The van der Waals surface area contributed by atoms with Crippen LogP contribution in [0.15, 0.2) is 45.9 Å². The quantitative estimate of drug-likeness (QED) is 0.388. The highest BCUT2D eigenvalue weighted by Crippen LogP contribution is 2.30. The number of nitrogens with one attached hydrogen (secondary N) is 2. The Bertz CT molecular complexity index is 762. The number of thioether (sulfide) groups is 2. The van der Waals surface area contributed by atoms with Crippen molar-refractivity contribution in [1.29, 1.82) is 0 Å². The van der Waals surface area contributed by atoms with Gasteiger partial charge in [-0.05, 0) is 42.7 Å². The van der Waals surface area contributed by atoms with Crippen LogP contribution in [0.4, 0.5) is 19.6 Å². The minimum absolute atomic E-state index is 0.532. The summed E-state index contributed by atoms with van der Waals surface area (Å²) < 4.78 is 25.5. The van der Waals surface area contributed by atoms with Gasteiger partial charge in [0.1, 0.15) is 0 Å². The number of aryl methyl sites for hydroxylation is 1. The summed E-state index contributed by atoms with van der Waals surface area (Å²) in [7, 11) is 0. The van der Waals surface area contributed by atoms with Crippen LogP contribution in [0.5, 0.6) is 0 Å². The number of alkyl halides is 2. The van der Waals surface area contributed by atoms with Gasteiger partial charge in [-0.1, -0.05) is 34.9 Å². The number of hydrogen-bond acceptors (Lipinski definition) is 7. The molecule has 0 radical (unpaired) electrons. The second-order valence-corrected chi connectivity index (χ2v) is 8.34. The number of aromatic amines is 1. The molecular formula is C15H15F2N5S3. The van der Waals surface area contributed by atoms with Crippen molar-refractivity contribution in [2.24, 2.45) is 0 Å². The smallest absolute Gasteiger partial charge is 0.288 e. The molecule has 1 aromatic carbocycles. The number of hydrogen-bond donors (Lipinski definition) is 2. The van der Waals surface area contributed by atoms with Gasteiger partial charge in [-0.15, -0.1) is 10.2 Å². The lowest BCUT2D eigenvalue weighted by molar-refractivity contribution is 0.252. The molecule has 132 valence electrons. The van der Waals surface area contributed by atoms with E-state index in [1.165, 1.54) is 16.9 Å². The van der Waals surface area contributed by atoms with Crippen LogP contribution in [0.25, 0.3) is 0 Å². The van der Waals surface area contributed by atoms with E-state index in [1.54, 1.807) is 36.0 Å². The Morgan fingerprint density at radius 2 is 2.04 bits per heavy atom. The van der Waals surface area contributed by atoms with Crippen LogP contribution in [0, 0.1) is 0 Å². The summed E-state index contributed by atoms with van der Waals surface area (Å²) in [6.07, 6.45) is 5.76. The second kappa shape index (κ2) is 9.16. The Kier molecular flexibility index (Phi) is 6.65. The van der Waals surface area contributed by atoms with Gasteiger partial charge >= 0.3 is 0 Å². The predicted molar refractivity (Wildman–Crippen MR) is 99.1 cm³/mol. The lowest BCUT2D eigenvalue weighted by Gasteiger charge is -2.03. The third kappa shape index (κ3) is 5.98. The van der Waals surface area contributed by atoms with Gasteiger partial charge in [0, 0.05) is 22.5 Å². The highest BCUT2D eigenvalue weighted by atomic mass is 32.2. The van der Waals surface area contributed by atoms with Crippen molar-refractivity contribution < 1.29 is 8.78 Å². The van der Waals surface area contributed by atoms with Gasteiger partial charge in [0.15, 0.2) is 4.34 Å².